The highest BCUT2D eigenvalue weighted by Gasteiger charge is 2.18. The van der Waals surface area contributed by atoms with Crippen LogP contribution in [0.4, 0.5) is 0 Å². The lowest BCUT2D eigenvalue weighted by atomic mass is 10.1. The first-order valence-electron chi connectivity index (χ1n) is 5.51. The molecule has 0 aliphatic carbocycles. The minimum atomic E-state index is -1.17. The summed E-state index contributed by atoms with van der Waals surface area (Å²) in [6.45, 7) is 4.48. The van der Waals surface area contributed by atoms with Crippen molar-refractivity contribution in [3.8, 4) is 0 Å². The smallest absolute Gasteiger partial charge is 0.339 e. The van der Waals surface area contributed by atoms with E-state index >= 15 is 0 Å². The second kappa shape index (κ2) is 6.28. The lowest BCUT2D eigenvalue weighted by Gasteiger charge is -2.11. The number of esters is 1. The second-order valence-electron chi connectivity index (χ2n) is 4.16. The summed E-state index contributed by atoms with van der Waals surface area (Å²) >= 11 is 0. The van der Waals surface area contributed by atoms with E-state index in [4.69, 9.17) is 4.74 Å². The predicted molar refractivity (Wildman–Crippen MR) is 61.8 cm³/mol. The van der Waals surface area contributed by atoms with Gasteiger partial charge in [0.2, 0.25) is 0 Å². The van der Waals surface area contributed by atoms with Crippen molar-refractivity contribution in [1.82, 2.24) is 0 Å². The Kier molecular flexibility index (Phi) is 4.99. The van der Waals surface area contributed by atoms with E-state index in [9.17, 15) is 9.90 Å². The van der Waals surface area contributed by atoms with Crippen LogP contribution in [0.25, 0.3) is 0 Å². The van der Waals surface area contributed by atoms with Gasteiger partial charge in [0, 0.05) is 0 Å². The maximum Gasteiger partial charge on any atom is 0.339 e. The van der Waals surface area contributed by atoms with Gasteiger partial charge in [0.15, 0.2) is 6.10 Å². The van der Waals surface area contributed by atoms with Crippen molar-refractivity contribution in [3.63, 3.8) is 0 Å². The molecule has 1 unspecified atom stereocenters. The Labute approximate surface area is 96.1 Å². The molecule has 1 aromatic carbocycles. The molecular formula is C13H18O3. The molecule has 88 valence electrons. The van der Waals surface area contributed by atoms with Crippen molar-refractivity contribution in [1.29, 1.82) is 0 Å². The number of rotatable bonds is 5. The molecule has 1 N–H and O–H groups in total. The Morgan fingerprint density at radius 2 is 1.94 bits per heavy atom. The van der Waals surface area contributed by atoms with Crippen LogP contribution in [-0.4, -0.2) is 17.7 Å². The fourth-order valence-electron chi connectivity index (χ4n) is 1.25. The van der Waals surface area contributed by atoms with E-state index in [-0.39, 0.29) is 0 Å². The van der Waals surface area contributed by atoms with Gasteiger partial charge in [-0.2, -0.15) is 0 Å². The average Bonchev–Trinajstić information content (AvgIpc) is 2.28. The standard InChI is InChI=1S/C13H18O3/c1-10(2)8-9-16-13(15)12(14)11-6-4-3-5-7-11/h3-7,10,12,14H,8-9H2,1-2H3. The molecule has 0 aromatic heterocycles. The normalized spacial score (nSPS) is 12.5. The highest BCUT2D eigenvalue weighted by molar-refractivity contribution is 5.76. The average molecular weight is 222 g/mol. The summed E-state index contributed by atoms with van der Waals surface area (Å²) in [5.74, 6) is -0.0893. The van der Waals surface area contributed by atoms with E-state index < -0.39 is 12.1 Å². The number of aliphatic hydroxyl groups is 1. The number of carbonyl (C=O) groups is 1. The number of ether oxygens (including phenoxy) is 1. The topological polar surface area (TPSA) is 46.5 Å². The first-order valence-corrected chi connectivity index (χ1v) is 5.51. The molecule has 0 aliphatic heterocycles. The van der Waals surface area contributed by atoms with Crippen LogP contribution in [0.15, 0.2) is 30.3 Å². The number of hydrogen-bond acceptors (Lipinski definition) is 3. The summed E-state index contributed by atoms with van der Waals surface area (Å²) in [6, 6.07) is 8.79. The van der Waals surface area contributed by atoms with Gasteiger partial charge in [-0.25, -0.2) is 4.79 Å². The number of hydrogen-bond donors (Lipinski definition) is 1. The van der Waals surface area contributed by atoms with Gasteiger partial charge < -0.3 is 9.84 Å². The molecule has 0 heterocycles. The largest absolute Gasteiger partial charge is 0.464 e. The predicted octanol–water partition coefficient (Wildman–Crippen LogP) is 2.31. The highest BCUT2D eigenvalue weighted by atomic mass is 16.5. The highest BCUT2D eigenvalue weighted by Crippen LogP contribution is 2.14. The molecule has 0 aliphatic rings. The maximum absolute atomic E-state index is 11.5. The molecule has 0 saturated heterocycles. The van der Waals surface area contributed by atoms with Gasteiger partial charge in [-0.1, -0.05) is 44.2 Å². The van der Waals surface area contributed by atoms with Gasteiger partial charge in [-0.05, 0) is 17.9 Å². The van der Waals surface area contributed by atoms with E-state index in [0.29, 0.717) is 18.1 Å². The minimum Gasteiger partial charge on any atom is -0.464 e. The van der Waals surface area contributed by atoms with Gasteiger partial charge >= 0.3 is 5.97 Å². The monoisotopic (exact) mass is 222 g/mol. The molecular weight excluding hydrogens is 204 g/mol. The van der Waals surface area contributed by atoms with Crippen molar-refractivity contribution in [2.45, 2.75) is 26.4 Å². The summed E-state index contributed by atoms with van der Waals surface area (Å²) in [5.41, 5.74) is 0.567. The van der Waals surface area contributed by atoms with Crippen molar-refractivity contribution >= 4 is 5.97 Å². The molecule has 16 heavy (non-hydrogen) atoms. The summed E-state index contributed by atoms with van der Waals surface area (Å²) < 4.78 is 4.98. The molecule has 3 heteroatoms. The van der Waals surface area contributed by atoms with Crippen molar-refractivity contribution in [3.05, 3.63) is 35.9 Å². The van der Waals surface area contributed by atoms with E-state index in [1.165, 1.54) is 0 Å². The molecule has 0 radical (unpaired) electrons. The van der Waals surface area contributed by atoms with E-state index in [0.717, 1.165) is 6.42 Å². The Morgan fingerprint density at radius 3 is 2.50 bits per heavy atom. The quantitative estimate of drug-likeness (QED) is 0.778. The molecule has 0 amide bonds. The number of carbonyl (C=O) groups excluding carboxylic acids is 1. The molecule has 0 saturated carbocycles. The van der Waals surface area contributed by atoms with Gasteiger partial charge in [0.1, 0.15) is 0 Å². The maximum atomic E-state index is 11.5. The molecule has 1 aromatic rings. The Hall–Kier alpha value is -1.35. The van der Waals surface area contributed by atoms with E-state index in [1.807, 2.05) is 6.07 Å². The van der Waals surface area contributed by atoms with Crippen LogP contribution < -0.4 is 0 Å². The van der Waals surface area contributed by atoms with Crippen LogP contribution in [0.5, 0.6) is 0 Å². The fourth-order valence-corrected chi connectivity index (χ4v) is 1.25. The molecule has 3 nitrogen and oxygen atoms in total. The first kappa shape index (κ1) is 12.7. The molecule has 0 fully saturated rings. The van der Waals surface area contributed by atoms with Crippen LogP contribution >= 0.6 is 0 Å². The molecule has 0 spiro atoms. The van der Waals surface area contributed by atoms with Gasteiger partial charge in [-0.3, -0.25) is 0 Å². The SMILES string of the molecule is CC(C)CCOC(=O)C(O)c1ccccc1. The van der Waals surface area contributed by atoms with Gasteiger partial charge in [-0.15, -0.1) is 0 Å². The van der Waals surface area contributed by atoms with Gasteiger partial charge in [0.05, 0.1) is 6.61 Å². The van der Waals surface area contributed by atoms with Crippen LogP contribution in [-0.2, 0) is 9.53 Å². The fraction of sp³-hybridized carbons (Fsp3) is 0.462. The number of aliphatic hydroxyl groups excluding tert-OH is 1. The lowest BCUT2D eigenvalue weighted by molar-refractivity contribution is -0.154. The third-order valence-corrected chi connectivity index (χ3v) is 2.28. The minimum absolute atomic E-state index is 0.362. The Balaban J connectivity index is 2.43. The van der Waals surface area contributed by atoms with E-state index in [2.05, 4.69) is 13.8 Å². The van der Waals surface area contributed by atoms with Crippen molar-refractivity contribution in [2.24, 2.45) is 5.92 Å². The zero-order valence-electron chi connectivity index (χ0n) is 9.72. The Morgan fingerprint density at radius 1 is 1.31 bits per heavy atom. The molecule has 1 atom stereocenters. The summed E-state index contributed by atoms with van der Waals surface area (Å²) in [5, 5.41) is 9.68. The van der Waals surface area contributed by atoms with Crippen LogP contribution in [0.3, 0.4) is 0 Å². The summed E-state index contributed by atoms with van der Waals surface area (Å²) in [4.78, 5) is 11.5. The third-order valence-electron chi connectivity index (χ3n) is 2.28. The van der Waals surface area contributed by atoms with Crippen LogP contribution in [0, 0.1) is 5.92 Å². The van der Waals surface area contributed by atoms with Crippen LogP contribution in [0.2, 0.25) is 0 Å². The van der Waals surface area contributed by atoms with Crippen molar-refractivity contribution in [2.75, 3.05) is 6.61 Å². The lowest BCUT2D eigenvalue weighted by Crippen LogP contribution is -2.16. The first-order chi connectivity index (χ1) is 7.61. The second-order valence-corrected chi connectivity index (χ2v) is 4.16. The number of benzene rings is 1. The van der Waals surface area contributed by atoms with Gasteiger partial charge in [0.25, 0.3) is 0 Å². The summed E-state index contributed by atoms with van der Waals surface area (Å²) in [6.07, 6.45) is -0.360. The summed E-state index contributed by atoms with van der Waals surface area (Å²) in [7, 11) is 0. The Bertz CT molecular complexity index is 319. The molecule has 1 rings (SSSR count). The zero-order valence-corrected chi connectivity index (χ0v) is 9.72. The third kappa shape index (κ3) is 4.03. The molecule has 0 bridgehead atoms. The van der Waals surface area contributed by atoms with E-state index in [1.54, 1.807) is 24.3 Å². The van der Waals surface area contributed by atoms with Crippen LogP contribution in [0.1, 0.15) is 31.9 Å². The van der Waals surface area contributed by atoms with Crippen molar-refractivity contribution < 1.29 is 14.6 Å². The zero-order chi connectivity index (χ0) is 12.0.